The van der Waals surface area contributed by atoms with Crippen LogP contribution >= 0.6 is 0 Å². The van der Waals surface area contributed by atoms with Crippen molar-refractivity contribution in [3.05, 3.63) is 54.0 Å². The third kappa shape index (κ3) is 3.71. The molecule has 0 aliphatic heterocycles. The number of hydrogen-bond acceptors (Lipinski definition) is 4. The van der Waals surface area contributed by atoms with Crippen molar-refractivity contribution in [1.82, 2.24) is 0 Å². The zero-order valence-electron chi connectivity index (χ0n) is 11.1. The van der Waals surface area contributed by atoms with Crippen LogP contribution < -0.4 is 5.32 Å². The minimum absolute atomic E-state index is 0.282. The molecule has 1 N–H and O–H groups in total. The highest BCUT2D eigenvalue weighted by Crippen LogP contribution is 2.10. The molecule has 0 spiro atoms. The third-order valence-corrected chi connectivity index (χ3v) is 2.74. The predicted molar refractivity (Wildman–Crippen MR) is 73.4 cm³/mol. The summed E-state index contributed by atoms with van der Waals surface area (Å²) in [5.41, 5.74) is 2.14. The summed E-state index contributed by atoms with van der Waals surface area (Å²) in [6.07, 6.45) is 3.58. The average molecular weight is 273 g/mol. The molecule has 0 radical (unpaired) electrons. The number of amides is 1. The summed E-state index contributed by atoms with van der Waals surface area (Å²) in [5, 5.41) is 2.65. The van der Waals surface area contributed by atoms with E-state index in [1.807, 2.05) is 24.3 Å². The lowest BCUT2D eigenvalue weighted by Crippen LogP contribution is -2.20. The predicted octanol–water partition coefficient (Wildman–Crippen LogP) is 2.64. The second kappa shape index (κ2) is 6.56. The fourth-order valence-electron chi connectivity index (χ4n) is 1.62. The van der Waals surface area contributed by atoms with Gasteiger partial charge in [0.25, 0.3) is 5.91 Å². The van der Waals surface area contributed by atoms with Gasteiger partial charge < -0.3 is 14.5 Å². The van der Waals surface area contributed by atoms with E-state index in [0.717, 1.165) is 6.42 Å². The smallest absolute Gasteiger partial charge is 0.341 e. The molecule has 2 rings (SSSR count). The lowest BCUT2D eigenvalue weighted by Gasteiger charge is -2.06. The molecule has 0 atom stereocenters. The second-order valence-corrected chi connectivity index (χ2v) is 4.19. The Hall–Kier alpha value is -2.56. The molecule has 0 fully saturated rings. The van der Waals surface area contributed by atoms with Crippen LogP contribution in [-0.2, 0) is 16.0 Å². The number of esters is 1. The molecule has 2 aromatic rings. The van der Waals surface area contributed by atoms with E-state index in [0.29, 0.717) is 5.69 Å². The lowest BCUT2D eigenvalue weighted by molar-refractivity contribution is -0.119. The summed E-state index contributed by atoms with van der Waals surface area (Å²) in [7, 11) is 0. The quantitative estimate of drug-likeness (QED) is 0.850. The van der Waals surface area contributed by atoms with E-state index >= 15 is 0 Å². The van der Waals surface area contributed by atoms with E-state index in [1.165, 1.54) is 24.2 Å². The van der Waals surface area contributed by atoms with Crippen LogP contribution in [0.3, 0.4) is 0 Å². The number of hydrogen-bond donors (Lipinski definition) is 1. The number of furan rings is 1. The molecule has 0 aliphatic carbocycles. The zero-order valence-corrected chi connectivity index (χ0v) is 11.1. The molecule has 5 nitrogen and oxygen atoms in total. The summed E-state index contributed by atoms with van der Waals surface area (Å²) in [6, 6.07) is 8.98. The van der Waals surface area contributed by atoms with Gasteiger partial charge in [-0.3, -0.25) is 4.79 Å². The van der Waals surface area contributed by atoms with Gasteiger partial charge in [0, 0.05) is 5.69 Å². The highest BCUT2D eigenvalue weighted by Gasteiger charge is 2.11. The molecule has 5 heteroatoms. The Morgan fingerprint density at radius 2 is 1.95 bits per heavy atom. The number of nitrogens with one attached hydrogen (secondary N) is 1. The fraction of sp³-hybridized carbons (Fsp3) is 0.200. The third-order valence-electron chi connectivity index (χ3n) is 2.74. The number of carbonyl (C=O) groups excluding carboxylic acids is 2. The van der Waals surface area contributed by atoms with Crippen molar-refractivity contribution in [2.24, 2.45) is 0 Å². The molecule has 0 saturated heterocycles. The first-order chi connectivity index (χ1) is 9.69. The molecule has 0 unspecified atom stereocenters. The van der Waals surface area contributed by atoms with Crippen molar-refractivity contribution in [2.45, 2.75) is 13.3 Å². The van der Waals surface area contributed by atoms with Crippen molar-refractivity contribution in [3.63, 3.8) is 0 Å². The SMILES string of the molecule is CCc1ccc(NC(=O)COC(=O)c2ccoc2)cc1. The van der Waals surface area contributed by atoms with E-state index in [1.54, 1.807) is 0 Å². The highest BCUT2D eigenvalue weighted by atomic mass is 16.5. The first-order valence-corrected chi connectivity index (χ1v) is 6.27. The van der Waals surface area contributed by atoms with Gasteiger partial charge in [-0.25, -0.2) is 4.79 Å². The van der Waals surface area contributed by atoms with Crippen LogP contribution in [0.25, 0.3) is 0 Å². The van der Waals surface area contributed by atoms with Gasteiger partial charge in [0.2, 0.25) is 0 Å². The standard InChI is InChI=1S/C15H15NO4/c1-2-11-3-5-13(6-4-11)16-14(17)10-20-15(18)12-7-8-19-9-12/h3-9H,2,10H2,1H3,(H,16,17). The maximum absolute atomic E-state index is 11.6. The molecular formula is C15H15NO4. The number of aryl methyl sites for hydroxylation is 1. The fourth-order valence-corrected chi connectivity index (χ4v) is 1.62. The second-order valence-electron chi connectivity index (χ2n) is 4.19. The summed E-state index contributed by atoms with van der Waals surface area (Å²) in [5.74, 6) is -0.971. The molecule has 104 valence electrons. The lowest BCUT2D eigenvalue weighted by atomic mass is 10.1. The van der Waals surface area contributed by atoms with Gasteiger partial charge in [-0.15, -0.1) is 0 Å². The summed E-state index contributed by atoms with van der Waals surface area (Å²) >= 11 is 0. The number of anilines is 1. The van der Waals surface area contributed by atoms with Gasteiger partial charge >= 0.3 is 5.97 Å². The first-order valence-electron chi connectivity index (χ1n) is 6.27. The van der Waals surface area contributed by atoms with Crippen LogP contribution in [0, 0.1) is 0 Å². The number of rotatable bonds is 5. The van der Waals surface area contributed by atoms with Crippen LogP contribution in [0.4, 0.5) is 5.69 Å². The Bertz CT molecular complexity index is 572. The minimum atomic E-state index is -0.588. The van der Waals surface area contributed by atoms with Crippen molar-refractivity contribution in [1.29, 1.82) is 0 Å². The van der Waals surface area contributed by atoms with Crippen molar-refractivity contribution in [2.75, 3.05) is 11.9 Å². The molecule has 0 bridgehead atoms. The van der Waals surface area contributed by atoms with Crippen LogP contribution in [0.2, 0.25) is 0 Å². The molecule has 0 aliphatic rings. The van der Waals surface area contributed by atoms with Crippen molar-refractivity contribution >= 4 is 17.6 Å². The van der Waals surface area contributed by atoms with Gasteiger partial charge in [0.05, 0.1) is 11.8 Å². The normalized spacial score (nSPS) is 10.1. The van der Waals surface area contributed by atoms with E-state index < -0.39 is 5.97 Å². The molecule has 20 heavy (non-hydrogen) atoms. The van der Waals surface area contributed by atoms with Gasteiger partial charge in [0.1, 0.15) is 6.26 Å². The Balaban J connectivity index is 1.81. The summed E-state index contributed by atoms with van der Waals surface area (Å²) in [4.78, 5) is 23.1. The van der Waals surface area contributed by atoms with Gasteiger partial charge in [-0.05, 0) is 30.2 Å². The van der Waals surface area contributed by atoms with E-state index in [9.17, 15) is 9.59 Å². The topological polar surface area (TPSA) is 68.5 Å². The minimum Gasteiger partial charge on any atom is -0.472 e. The summed E-state index contributed by atoms with van der Waals surface area (Å²) < 4.78 is 9.61. The Morgan fingerprint density at radius 1 is 1.20 bits per heavy atom. The molecular weight excluding hydrogens is 258 g/mol. The molecule has 1 amide bonds. The largest absolute Gasteiger partial charge is 0.472 e. The van der Waals surface area contributed by atoms with Crippen LogP contribution in [0.5, 0.6) is 0 Å². The maximum Gasteiger partial charge on any atom is 0.341 e. The Kier molecular flexibility index (Phi) is 4.55. The molecule has 1 aromatic carbocycles. The molecule has 0 saturated carbocycles. The number of ether oxygens (including phenoxy) is 1. The van der Waals surface area contributed by atoms with Gasteiger partial charge in [0.15, 0.2) is 6.61 Å². The van der Waals surface area contributed by atoms with E-state index in [-0.39, 0.29) is 18.1 Å². The highest BCUT2D eigenvalue weighted by molar-refractivity contribution is 5.95. The van der Waals surface area contributed by atoms with E-state index in [4.69, 9.17) is 9.15 Å². The number of carbonyl (C=O) groups is 2. The molecule has 1 heterocycles. The van der Waals surface area contributed by atoms with Gasteiger partial charge in [-0.2, -0.15) is 0 Å². The Morgan fingerprint density at radius 3 is 2.55 bits per heavy atom. The Labute approximate surface area is 116 Å². The maximum atomic E-state index is 11.6. The average Bonchev–Trinajstić information content (AvgIpc) is 3.00. The van der Waals surface area contributed by atoms with Crippen LogP contribution in [-0.4, -0.2) is 18.5 Å². The molecule has 1 aromatic heterocycles. The first kappa shape index (κ1) is 13.9. The summed E-state index contributed by atoms with van der Waals surface area (Å²) in [6.45, 7) is 1.72. The monoisotopic (exact) mass is 273 g/mol. The zero-order chi connectivity index (χ0) is 14.4. The number of benzene rings is 1. The van der Waals surface area contributed by atoms with Crippen LogP contribution in [0.1, 0.15) is 22.8 Å². The van der Waals surface area contributed by atoms with E-state index in [2.05, 4.69) is 12.2 Å². The van der Waals surface area contributed by atoms with Gasteiger partial charge in [-0.1, -0.05) is 19.1 Å². The van der Waals surface area contributed by atoms with Crippen molar-refractivity contribution in [3.8, 4) is 0 Å². The van der Waals surface area contributed by atoms with Crippen LogP contribution in [0.15, 0.2) is 47.3 Å². The van der Waals surface area contributed by atoms with Crippen molar-refractivity contribution < 1.29 is 18.7 Å².